The number of hydrogen-bond donors (Lipinski definition) is 3. The van der Waals surface area contributed by atoms with E-state index in [4.69, 9.17) is 19.8 Å². The molecule has 4 N–H and O–H groups in total. The molecule has 0 aliphatic heterocycles. The van der Waals surface area contributed by atoms with Gasteiger partial charge in [0, 0.05) is 11.8 Å². The number of carbonyl (C=O) groups is 1. The highest BCUT2D eigenvalue weighted by molar-refractivity contribution is 7.88. The van der Waals surface area contributed by atoms with Crippen LogP contribution in [0.1, 0.15) is 5.56 Å². The average Bonchev–Trinajstić information content (AvgIpc) is 2.72. The Morgan fingerprint density at radius 1 is 1.18 bits per heavy atom. The van der Waals surface area contributed by atoms with Gasteiger partial charge in [-0.1, -0.05) is 12.1 Å². The smallest absolute Gasteiger partial charge is 0.490 e. The van der Waals surface area contributed by atoms with Crippen LogP contribution < -0.4 is 15.2 Å². The summed E-state index contributed by atoms with van der Waals surface area (Å²) in [5, 5.41) is 15.2. The van der Waals surface area contributed by atoms with Crippen molar-refractivity contribution in [2.24, 2.45) is 5.14 Å². The molecule has 182 valence electrons. The van der Waals surface area contributed by atoms with Gasteiger partial charge in [0.1, 0.15) is 17.9 Å². The number of anilines is 2. The van der Waals surface area contributed by atoms with Crippen molar-refractivity contribution in [2.75, 3.05) is 12.4 Å². The molecule has 0 aliphatic carbocycles. The summed E-state index contributed by atoms with van der Waals surface area (Å²) in [4.78, 5) is 21.3. The number of halogens is 4. The molecule has 0 unspecified atom stereocenters. The molecule has 10 nitrogen and oxygen atoms in total. The molecule has 0 bridgehead atoms. The number of nitrogens with zero attached hydrogens (tertiary/aromatic N) is 3. The number of alkyl halides is 3. The molecule has 0 aliphatic rings. The summed E-state index contributed by atoms with van der Waals surface area (Å²) in [5.41, 5.74) is 1.61. The summed E-state index contributed by atoms with van der Waals surface area (Å²) in [6, 6.07) is 10.7. The Balaban J connectivity index is 0.000000509. The van der Waals surface area contributed by atoms with E-state index in [-0.39, 0.29) is 11.7 Å². The van der Waals surface area contributed by atoms with Gasteiger partial charge < -0.3 is 15.2 Å². The lowest BCUT2D eigenvalue weighted by Crippen LogP contribution is -2.21. The van der Waals surface area contributed by atoms with Crippen molar-refractivity contribution in [1.29, 1.82) is 0 Å². The van der Waals surface area contributed by atoms with E-state index in [1.165, 1.54) is 31.6 Å². The van der Waals surface area contributed by atoms with Gasteiger partial charge in [-0.3, -0.25) is 0 Å². The first-order valence-electron chi connectivity index (χ1n) is 8.98. The first kappa shape index (κ1) is 26.4. The van der Waals surface area contributed by atoms with Gasteiger partial charge in [-0.25, -0.2) is 32.7 Å². The van der Waals surface area contributed by atoms with Gasteiger partial charge in [0.2, 0.25) is 16.0 Å². The molecule has 0 atom stereocenters. The largest absolute Gasteiger partial charge is 0.496 e. The minimum atomic E-state index is -5.08. The summed E-state index contributed by atoms with van der Waals surface area (Å²) >= 11 is 0. The van der Waals surface area contributed by atoms with Crippen LogP contribution in [0.4, 0.5) is 29.2 Å². The first-order valence-corrected chi connectivity index (χ1v) is 10.7. The number of nitrogens with two attached hydrogens (primary N) is 1. The van der Waals surface area contributed by atoms with Crippen LogP contribution in [-0.4, -0.2) is 47.7 Å². The molecule has 0 saturated carbocycles. The number of rotatable bonds is 6. The monoisotopic (exact) mass is 503 g/mol. The zero-order valence-electron chi connectivity index (χ0n) is 17.2. The molecule has 2 aromatic carbocycles. The zero-order valence-corrected chi connectivity index (χ0v) is 18.1. The Kier molecular flexibility index (Phi) is 8.42. The van der Waals surface area contributed by atoms with Crippen LogP contribution in [-0.2, 0) is 20.6 Å². The van der Waals surface area contributed by atoms with E-state index in [0.717, 1.165) is 0 Å². The van der Waals surface area contributed by atoms with Crippen molar-refractivity contribution >= 4 is 27.6 Å². The van der Waals surface area contributed by atoms with Crippen LogP contribution in [0.15, 0.2) is 48.8 Å². The third-order valence-electron chi connectivity index (χ3n) is 3.77. The van der Waals surface area contributed by atoms with Crippen molar-refractivity contribution in [1.82, 2.24) is 15.0 Å². The Morgan fingerprint density at radius 3 is 2.44 bits per heavy atom. The van der Waals surface area contributed by atoms with Crippen molar-refractivity contribution in [2.45, 2.75) is 11.9 Å². The number of aliphatic carboxylic acids is 1. The molecule has 0 spiro atoms. The summed E-state index contributed by atoms with van der Waals surface area (Å²) in [6.45, 7) is 0. The molecule has 34 heavy (non-hydrogen) atoms. The number of hydrogen-bond acceptors (Lipinski definition) is 8. The van der Waals surface area contributed by atoms with Crippen LogP contribution in [0.3, 0.4) is 0 Å². The lowest BCUT2D eigenvalue weighted by Gasteiger charge is -2.09. The topological polar surface area (TPSA) is 157 Å². The second-order valence-corrected chi connectivity index (χ2v) is 8.03. The van der Waals surface area contributed by atoms with Crippen LogP contribution in [0.2, 0.25) is 0 Å². The summed E-state index contributed by atoms with van der Waals surface area (Å²) in [7, 11) is -2.21. The fraction of sp³-hybridized carbons (Fsp3) is 0.158. The van der Waals surface area contributed by atoms with Gasteiger partial charge in [-0.15, -0.1) is 0 Å². The SMILES string of the molecule is COc1cc(F)ccc1-c1ncnc(Nc2cccc(CS(N)(=O)=O)c2)n1.O=C(O)C(F)(F)F. The Bertz CT molecular complexity index is 1270. The molecule has 1 heterocycles. The van der Waals surface area contributed by atoms with Gasteiger partial charge in [-0.05, 0) is 29.8 Å². The molecule has 0 radical (unpaired) electrons. The van der Waals surface area contributed by atoms with Crippen LogP contribution >= 0.6 is 0 Å². The van der Waals surface area contributed by atoms with Crippen molar-refractivity contribution in [3.05, 3.63) is 60.2 Å². The predicted molar refractivity (Wildman–Crippen MR) is 112 cm³/mol. The highest BCUT2D eigenvalue weighted by atomic mass is 32.2. The normalized spacial score (nSPS) is 11.2. The van der Waals surface area contributed by atoms with E-state index in [2.05, 4.69) is 20.3 Å². The van der Waals surface area contributed by atoms with Crippen molar-refractivity contribution < 1.29 is 40.6 Å². The lowest BCUT2D eigenvalue weighted by molar-refractivity contribution is -0.192. The standard InChI is InChI=1S/C17H16FN5O3S.C2HF3O2/c1-26-15-8-12(18)5-6-14(15)16-20-10-21-17(23-16)22-13-4-2-3-11(7-13)9-27(19,24)25;3-2(4,5)1(6)7/h2-8,10H,9H2,1H3,(H2,19,24,25)(H,20,21,22,23);(H,6,7). The van der Waals surface area contributed by atoms with Crippen LogP contribution in [0.25, 0.3) is 11.4 Å². The van der Waals surface area contributed by atoms with Crippen molar-refractivity contribution in [3.8, 4) is 17.1 Å². The first-order chi connectivity index (χ1) is 15.8. The Hall–Kier alpha value is -3.85. The Labute approximate surface area is 190 Å². The zero-order chi connectivity index (χ0) is 25.5. The number of sulfonamides is 1. The molecule has 0 fully saturated rings. The molecular weight excluding hydrogens is 486 g/mol. The molecule has 1 aromatic heterocycles. The summed E-state index contributed by atoms with van der Waals surface area (Å²) in [6.07, 6.45) is -3.78. The highest BCUT2D eigenvalue weighted by Crippen LogP contribution is 2.28. The second kappa shape index (κ2) is 10.8. The third kappa shape index (κ3) is 8.25. The molecule has 0 amide bonds. The van der Waals surface area contributed by atoms with Crippen LogP contribution in [0.5, 0.6) is 5.75 Å². The second-order valence-electron chi connectivity index (χ2n) is 6.41. The highest BCUT2D eigenvalue weighted by Gasteiger charge is 2.38. The summed E-state index contributed by atoms with van der Waals surface area (Å²) < 4.78 is 72.8. The van der Waals surface area contributed by atoms with E-state index < -0.39 is 28.0 Å². The lowest BCUT2D eigenvalue weighted by atomic mass is 10.2. The Morgan fingerprint density at radius 2 is 1.85 bits per heavy atom. The molecular formula is C19H17F4N5O5S. The third-order valence-corrected chi connectivity index (χ3v) is 4.51. The maximum atomic E-state index is 13.4. The van der Waals surface area contributed by atoms with E-state index in [1.807, 2.05) is 0 Å². The van der Waals surface area contributed by atoms with Gasteiger partial charge in [0.15, 0.2) is 5.82 Å². The number of aromatic nitrogens is 3. The van der Waals surface area contributed by atoms with Gasteiger partial charge >= 0.3 is 12.1 Å². The number of primary sulfonamides is 1. The number of methoxy groups -OCH3 is 1. The average molecular weight is 503 g/mol. The minimum absolute atomic E-state index is 0.235. The van der Waals surface area contributed by atoms with Crippen LogP contribution in [0, 0.1) is 5.82 Å². The van der Waals surface area contributed by atoms with Gasteiger partial charge in [-0.2, -0.15) is 18.2 Å². The van der Waals surface area contributed by atoms with E-state index in [1.54, 1.807) is 24.3 Å². The fourth-order valence-electron chi connectivity index (χ4n) is 2.44. The minimum Gasteiger partial charge on any atom is -0.496 e. The molecule has 15 heteroatoms. The maximum absolute atomic E-state index is 13.4. The van der Waals surface area contributed by atoms with E-state index >= 15 is 0 Å². The van der Waals surface area contributed by atoms with Gasteiger partial charge in [0.05, 0.1) is 18.4 Å². The molecule has 3 aromatic rings. The quantitative estimate of drug-likeness (QED) is 0.430. The van der Waals surface area contributed by atoms with E-state index in [0.29, 0.717) is 28.4 Å². The number of benzene rings is 2. The molecule has 0 saturated heterocycles. The number of ether oxygens (including phenoxy) is 1. The number of carboxylic acids is 1. The predicted octanol–water partition coefficient (Wildman–Crippen LogP) is 2.85. The number of nitrogens with one attached hydrogen (secondary N) is 1. The van der Waals surface area contributed by atoms with E-state index in [9.17, 15) is 26.0 Å². The van der Waals surface area contributed by atoms with Gasteiger partial charge in [0.25, 0.3) is 0 Å². The summed E-state index contributed by atoms with van der Waals surface area (Å²) in [5.74, 6) is -2.65. The number of carboxylic acid groups (broad SMARTS) is 1. The van der Waals surface area contributed by atoms with Crippen molar-refractivity contribution in [3.63, 3.8) is 0 Å². The fourth-order valence-corrected chi connectivity index (χ4v) is 3.08. The molecule has 3 rings (SSSR count). The maximum Gasteiger partial charge on any atom is 0.490 e.